The van der Waals surface area contributed by atoms with E-state index < -0.39 is 0 Å². The number of nitrogens with one attached hydrogen (secondary N) is 2. The molecule has 4 rings (SSSR count). The van der Waals surface area contributed by atoms with Crippen LogP contribution in [0.2, 0.25) is 0 Å². The van der Waals surface area contributed by atoms with E-state index in [0.29, 0.717) is 22.8 Å². The molecule has 1 aliphatic heterocycles. The summed E-state index contributed by atoms with van der Waals surface area (Å²) in [5, 5.41) is 7.90. The van der Waals surface area contributed by atoms with Crippen LogP contribution in [0.4, 0.5) is 16.5 Å². The van der Waals surface area contributed by atoms with Crippen molar-refractivity contribution in [1.29, 1.82) is 0 Å². The van der Waals surface area contributed by atoms with Gasteiger partial charge >= 0.3 is 0 Å². The minimum atomic E-state index is -0.254. The monoisotopic (exact) mass is 420 g/mol. The van der Waals surface area contributed by atoms with Crippen molar-refractivity contribution in [3.05, 3.63) is 59.5 Å². The number of rotatable bonds is 5. The number of hydrogen-bond donors (Lipinski definition) is 2. The van der Waals surface area contributed by atoms with Crippen molar-refractivity contribution in [3.63, 3.8) is 0 Å². The topological polar surface area (TPSA) is 91.4 Å². The number of benzene rings is 2. The Hall–Kier alpha value is -3.52. The quantitative estimate of drug-likeness (QED) is 0.649. The fourth-order valence-corrected chi connectivity index (χ4v) is 3.99. The van der Waals surface area contributed by atoms with Crippen LogP contribution in [0, 0.1) is 0 Å². The highest BCUT2D eigenvalue weighted by atomic mass is 32.1. The molecule has 1 saturated heterocycles. The number of amides is 3. The molecule has 7 nitrogen and oxygen atoms in total. The minimum Gasteiger partial charge on any atom is -0.326 e. The predicted octanol–water partition coefficient (Wildman–Crippen LogP) is 4.15. The van der Waals surface area contributed by atoms with Crippen LogP contribution in [0.25, 0.3) is 11.3 Å². The van der Waals surface area contributed by atoms with Gasteiger partial charge in [-0.25, -0.2) is 4.98 Å². The molecule has 1 fully saturated rings. The molecule has 2 heterocycles. The lowest BCUT2D eigenvalue weighted by molar-refractivity contribution is -0.117. The average molecular weight is 420 g/mol. The molecule has 0 bridgehead atoms. The number of thiazole rings is 1. The van der Waals surface area contributed by atoms with Crippen LogP contribution >= 0.6 is 11.3 Å². The first-order chi connectivity index (χ1) is 14.5. The van der Waals surface area contributed by atoms with E-state index in [9.17, 15) is 14.4 Å². The smallest absolute Gasteiger partial charge is 0.257 e. The van der Waals surface area contributed by atoms with Gasteiger partial charge in [-0.3, -0.25) is 19.7 Å². The molecule has 30 heavy (non-hydrogen) atoms. The second-order valence-electron chi connectivity index (χ2n) is 6.95. The zero-order valence-corrected chi connectivity index (χ0v) is 17.2. The second-order valence-corrected chi connectivity index (χ2v) is 7.80. The third kappa shape index (κ3) is 4.38. The third-order valence-electron chi connectivity index (χ3n) is 4.74. The minimum absolute atomic E-state index is 0.118. The van der Waals surface area contributed by atoms with Gasteiger partial charge in [-0.1, -0.05) is 12.1 Å². The van der Waals surface area contributed by atoms with Crippen molar-refractivity contribution in [2.75, 3.05) is 22.1 Å². The zero-order chi connectivity index (χ0) is 21.1. The van der Waals surface area contributed by atoms with Crippen molar-refractivity contribution in [3.8, 4) is 11.3 Å². The number of carbonyl (C=O) groups excluding carboxylic acids is 3. The molecule has 2 aromatic carbocycles. The Labute approximate surface area is 177 Å². The summed E-state index contributed by atoms with van der Waals surface area (Å²) < 4.78 is 0. The van der Waals surface area contributed by atoms with Crippen LogP contribution in [0.15, 0.2) is 53.9 Å². The molecule has 3 amide bonds. The molecule has 0 aliphatic carbocycles. The molecule has 0 saturated carbocycles. The summed E-state index contributed by atoms with van der Waals surface area (Å²) in [4.78, 5) is 41.7. The lowest BCUT2D eigenvalue weighted by atomic mass is 10.1. The molecule has 0 radical (unpaired) electrons. The lowest BCUT2D eigenvalue weighted by Gasteiger charge is -2.15. The number of aromatic nitrogens is 1. The van der Waals surface area contributed by atoms with Gasteiger partial charge in [0.2, 0.25) is 11.8 Å². The summed E-state index contributed by atoms with van der Waals surface area (Å²) in [6.45, 7) is 2.18. The van der Waals surface area contributed by atoms with Gasteiger partial charge in [-0.2, -0.15) is 0 Å². The van der Waals surface area contributed by atoms with E-state index in [1.165, 1.54) is 18.3 Å². The Balaban J connectivity index is 1.41. The van der Waals surface area contributed by atoms with E-state index in [-0.39, 0.29) is 17.7 Å². The predicted molar refractivity (Wildman–Crippen MR) is 118 cm³/mol. The number of hydrogen-bond acceptors (Lipinski definition) is 5. The maximum Gasteiger partial charge on any atom is 0.257 e. The Morgan fingerprint density at radius 1 is 1.03 bits per heavy atom. The van der Waals surface area contributed by atoms with Crippen LogP contribution in [0.1, 0.15) is 30.1 Å². The van der Waals surface area contributed by atoms with Gasteiger partial charge in [-0.15, -0.1) is 11.3 Å². The van der Waals surface area contributed by atoms with Gasteiger partial charge < -0.3 is 10.2 Å². The summed E-state index contributed by atoms with van der Waals surface area (Å²) in [5.41, 5.74) is 3.66. The maximum atomic E-state index is 12.5. The molecule has 1 aliphatic rings. The standard InChI is InChI=1S/C22H20N4O3S/c1-14(27)23-17-8-4-15(5-9-17)19-13-30-22(24-19)25-21(29)16-6-10-18(11-7-16)26-12-2-3-20(26)28/h4-11,13H,2-3,12H2,1H3,(H,23,27)(H,24,25,29). The van der Waals surface area contributed by atoms with Crippen molar-refractivity contribution < 1.29 is 14.4 Å². The first-order valence-electron chi connectivity index (χ1n) is 9.55. The highest BCUT2D eigenvalue weighted by Gasteiger charge is 2.21. The van der Waals surface area contributed by atoms with E-state index >= 15 is 0 Å². The Kier molecular flexibility index (Phi) is 5.58. The Morgan fingerprint density at radius 3 is 2.40 bits per heavy atom. The van der Waals surface area contributed by atoms with Crippen LogP contribution in [-0.4, -0.2) is 29.3 Å². The van der Waals surface area contributed by atoms with Gasteiger partial charge in [0.05, 0.1) is 5.69 Å². The van der Waals surface area contributed by atoms with Gasteiger partial charge in [-0.05, 0) is 42.8 Å². The van der Waals surface area contributed by atoms with E-state index in [0.717, 1.165) is 29.9 Å². The zero-order valence-electron chi connectivity index (χ0n) is 16.3. The van der Waals surface area contributed by atoms with Crippen LogP contribution in [-0.2, 0) is 9.59 Å². The highest BCUT2D eigenvalue weighted by molar-refractivity contribution is 7.14. The fourth-order valence-electron chi connectivity index (χ4n) is 3.27. The summed E-state index contributed by atoms with van der Waals surface area (Å²) in [7, 11) is 0. The SMILES string of the molecule is CC(=O)Nc1ccc(-c2csc(NC(=O)c3ccc(N4CCCC4=O)cc3)n2)cc1. The molecule has 1 aromatic heterocycles. The summed E-state index contributed by atoms with van der Waals surface area (Å²) in [5.74, 6) is -0.259. The van der Waals surface area contributed by atoms with Crippen LogP contribution in [0.3, 0.4) is 0 Å². The number of nitrogens with zero attached hydrogens (tertiary/aromatic N) is 2. The van der Waals surface area contributed by atoms with Crippen molar-refractivity contribution >= 4 is 45.6 Å². The fraction of sp³-hybridized carbons (Fsp3) is 0.182. The maximum absolute atomic E-state index is 12.5. The van der Waals surface area contributed by atoms with Gasteiger partial charge in [0, 0.05) is 47.8 Å². The van der Waals surface area contributed by atoms with Crippen molar-refractivity contribution in [2.24, 2.45) is 0 Å². The number of anilines is 3. The van der Waals surface area contributed by atoms with E-state index in [2.05, 4.69) is 15.6 Å². The van der Waals surface area contributed by atoms with Crippen molar-refractivity contribution in [1.82, 2.24) is 4.98 Å². The molecule has 8 heteroatoms. The molecule has 2 N–H and O–H groups in total. The summed E-state index contributed by atoms with van der Waals surface area (Å²) in [6.07, 6.45) is 1.44. The Morgan fingerprint density at radius 2 is 1.77 bits per heavy atom. The molecule has 3 aromatic rings. The summed E-state index contributed by atoms with van der Waals surface area (Å²) >= 11 is 1.34. The molecule has 0 atom stereocenters. The normalized spacial score (nSPS) is 13.4. The van der Waals surface area contributed by atoms with Crippen LogP contribution in [0.5, 0.6) is 0 Å². The van der Waals surface area contributed by atoms with E-state index in [1.807, 2.05) is 17.5 Å². The van der Waals surface area contributed by atoms with Gasteiger partial charge in [0.25, 0.3) is 5.91 Å². The lowest BCUT2D eigenvalue weighted by Crippen LogP contribution is -2.23. The first kappa shape index (κ1) is 19.8. The molecule has 0 unspecified atom stereocenters. The number of carbonyl (C=O) groups is 3. The highest BCUT2D eigenvalue weighted by Crippen LogP contribution is 2.27. The largest absolute Gasteiger partial charge is 0.326 e. The van der Waals surface area contributed by atoms with E-state index in [4.69, 9.17) is 0 Å². The second kappa shape index (κ2) is 8.46. The average Bonchev–Trinajstić information content (AvgIpc) is 3.37. The van der Waals surface area contributed by atoms with Gasteiger partial charge in [0.15, 0.2) is 5.13 Å². The van der Waals surface area contributed by atoms with Crippen LogP contribution < -0.4 is 15.5 Å². The molecule has 0 spiro atoms. The molecular weight excluding hydrogens is 400 g/mol. The van der Waals surface area contributed by atoms with Gasteiger partial charge in [0.1, 0.15) is 0 Å². The first-order valence-corrected chi connectivity index (χ1v) is 10.4. The van der Waals surface area contributed by atoms with Crippen molar-refractivity contribution in [2.45, 2.75) is 19.8 Å². The Bertz CT molecular complexity index is 1090. The van der Waals surface area contributed by atoms with E-state index in [1.54, 1.807) is 41.3 Å². The molecule has 152 valence electrons. The molecular formula is C22H20N4O3S. The third-order valence-corrected chi connectivity index (χ3v) is 5.50. The summed E-state index contributed by atoms with van der Waals surface area (Å²) in [6, 6.07) is 14.4.